The number of likely N-dealkylation sites (tertiary alicyclic amines) is 1. The maximum atomic E-state index is 12.8. The van der Waals surface area contributed by atoms with Gasteiger partial charge >= 0.3 is 5.97 Å². The average Bonchev–Trinajstić information content (AvgIpc) is 3.09. The minimum absolute atomic E-state index is 0.00586. The van der Waals surface area contributed by atoms with Crippen molar-refractivity contribution < 1.29 is 14.7 Å². The predicted octanol–water partition coefficient (Wildman–Crippen LogP) is 3.58. The Morgan fingerprint density at radius 2 is 1.67 bits per heavy atom. The first-order chi connectivity index (χ1) is 11.6. The molecule has 1 atom stereocenters. The fourth-order valence-electron chi connectivity index (χ4n) is 3.87. The van der Waals surface area contributed by atoms with Gasteiger partial charge in [-0.15, -0.1) is 0 Å². The molecule has 2 aliphatic rings. The molecular formula is C20H25NO3. The minimum Gasteiger partial charge on any atom is -0.481 e. The van der Waals surface area contributed by atoms with E-state index in [1.54, 1.807) is 0 Å². The van der Waals surface area contributed by atoms with Crippen LogP contribution in [0.5, 0.6) is 0 Å². The van der Waals surface area contributed by atoms with Gasteiger partial charge in [0, 0.05) is 12.5 Å². The first kappa shape index (κ1) is 16.7. The summed E-state index contributed by atoms with van der Waals surface area (Å²) in [5, 5.41) is 9.09. The zero-order valence-electron chi connectivity index (χ0n) is 13.9. The molecule has 1 aliphatic carbocycles. The smallest absolute Gasteiger partial charge is 0.306 e. The summed E-state index contributed by atoms with van der Waals surface area (Å²) in [6.07, 6.45) is 8.97. The van der Waals surface area contributed by atoms with Crippen LogP contribution in [0.25, 0.3) is 6.08 Å². The molecule has 1 amide bonds. The third kappa shape index (κ3) is 3.86. The maximum Gasteiger partial charge on any atom is 0.306 e. The maximum absolute atomic E-state index is 12.8. The summed E-state index contributed by atoms with van der Waals surface area (Å²) in [5.41, 5.74) is 1.15. The number of carboxylic acid groups (broad SMARTS) is 1. The van der Waals surface area contributed by atoms with Crippen molar-refractivity contribution in [3.8, 4) is 0 Å². The Kier molecular flexibility index (Phi) is 5.34. The fraction of sp³-hybridized carbons (Fsp3) is 0.500. The first-order valence-corrected chi connectivity index (χ1v) is 8.91. The molecule has 0 aromatic heterocycles. The lowest BCUT2D eigenvalue weighted by Gasteiger charge is -2.31. The summed E-state index contributed by atoms with van der Waals surface area (Å²) in [6.45, 7) is 0.821. The van der Waals surface area contributed by atoms with E-state index >= 15 is 0 Å². The Morgan fingerprint density at radius 1 is 1.00 bits per heavy atom. The number of hydrogen-bond donors (Lipinski definition) is 1. The van der Waals surface area contributed by atoms with Crippen LogP contribution in [-0.4, -0.2) is 34.5 Å². The largest absolute Gasteiger partial charge is 0.481 e. The number of carboxylic acids is 1. The van der Waals surface area contributed by atoms with Crippen LogP contribution >= 0.6 is 0 Å². The molecule has 24 heavy (non-hydrogen) atoms. The number of rotatable bonds is 4. The number of aliphatic carboxylic acids is 1. The summed E-state index contributed by atoms with van der Waals surface area (Å²) < 4.78 is 0. The second kappa shape index (κ2) is 7.65. The quantitative estimate of drug-likeness (QED) is 0.919. The molecule has 3 rings (SSSR count). The van der Waals surface area contributed by atoms with Crippen molar-refractivity contribution >= 4 is 18.0 Å². The van der Waals surface area contributed by atoms with E-state index in [9.17, 15) is 9.59 Å². The topological polar surface area (TPSA) is 57.6 Å². The van der Waals surface area contributed by atoms with E-state index in [1.165, 1.54) is 0 Å². The molecule has 0 bridgehead atoms. The Bertz CT molecular complexity index is 603. The number of benzene rings is 1. The van der Waals surface area contributed by atoms with E-state index in [2.05, 4.69) is 24.3 Å². The Labute approximate surface area is 143 Å². The van der Waals surface area contributed by atoms with Crippen LogP contribution in [0.2, 0.25) is 0 Å². The number of amides is 1. The van der Waals surface area contributed by atoms with Gasteiger partial charge in [-0.25, -0.2) is 0 Å². The van der Waals surface area contributed by atoms with Gasteiger partial charge in [-0.3, -0.25) is 9.59 Å². The molecule has 4 heteroatoms. The van der Waals surface area contributed by atoms with Crippen LogP contribution in [0.4, 0.5) is 0 Å². The van der Waals surface area contributed by atoms with Gasteiger partial charge < -0.3 is 10.0 Å². The Balaban J connectivity index is 1.60. The number of carbonyl (C=O) groups excluding carboxylic acids is 1. The lowest BCUT2D eigenvalue weighted by molar-refractivity contribution is -0.145. The van der Waals surface area contributed by atoms with Crippen molar-refractivity contribution in [1.82, 2.24) is 4.90 Å². The second-order valence-electron chi connectivity index (χ2n) is 6.90. The molecular weight excluding hydrogens is 302 g/mol. The summed E-state index contributed by atoms with van der Waals surface area (Å²) in [7, 11) is 0. The van der Waals surface area contributed by atoms with Crippen LogP contribution in [0, 0.1) is 11.8 Å². The van der Waals surface area contributed by atoms with Gasteiger partial charge in [0.05, 0.1) is 12.0 Å². The average molecular weight is 327 g/mol. The molecule has 4 nitrogen and oxygen atoms in total. The van der Waals surface area contributed by atoms with Crippen molar-refractivity contribution in [3.05, 3.63) is 42.0 Å². The summed E-state index contributed by atoms with van der Waals surface area (Å²) in [6, 6.07) is 10.3. The molecule has 2 fully saturated rings. The summed E-state index contributed by atoms with van der Waals surface area (Å²) in [5.74, 6) is -0.752. The van der Waals surface area contributed by atoms with Gasteiger partial charge in [-0.05, 0) is 44.1 Å². The van der Waals surface area contributed by atoms with E-state index in [0.29, 0.717) is 25.7 Å². The van der Waals surface area contributed by atoms with E-state index in [4.69, 9.17) is 5.11 Å². The van der Waals surface area contributed by atoms with Gasteiger partial charge in [0.1, 0.15) is 0 Å². The zero-order valence-corrected chi connectivity index (χ0v) is 13.9. The van der Waals surface area contributed by atoms with E-state index < -0.39 is 5.97 Å². The summed E-state index contributed by atoms with van der Waals surface area (Å²) in [4.78, 5) is 25.9. The lowest BCUT2D eigenvalue weighted by atomic mass is 9.81. The van der Waals surface area contributed by atoms with Gasteiger partial charge in [-0.1, -0.05) is 42.5 Å². The SMILES string of the molecule is O=C(O)C1CCC(C(=O)N2CCCC2/C=C/c2ccccc2)CC1. The van der Waals surface area contributed by atoms with Crippen molar-refractivity contribution in [2.45, 2.75) is 44.6 Å². The standard InChI is InChI=1S/C20H25NO3/c22-19(16-9-11-17(12-10-16)20(23)24)21-14-4-7-18(21)13-8-15-5-2-1-3-6-15/h1-3,5-6,8,13,16-18H,4,7,9-12,14H2,(H,23,24)/b13-8+. The van der Waals surface area contributed by atoms with Gasteiger partial charge in [0.2, 0.25) is 5.91 Å². The molecule has 1 saturated heterocycles. The number of nitrogens with zero attached hydrogens (tertiary/aromatic N) is 1. The lowest BCUT2D eigenvalue weighted by Crippen LogP contribution is -2.40. The molecule has 0 spiro atoms. The Hall–Kier alpha value is -2.10. The third-order valence-corrected chi connectivity index (χ3v) is 5.32. The van der Waals surface area contributed by atoms with Crippen molar-refractivity contribution in [2.75, 3.05) is 6.54 Å². The second-order valence-corrected chi connectivity index (χ2v) is 6.90. The predicted molar refractivity (Wildman–Crippen MR) is 93.3 cm³/mol. The highest BCUT2D eigenvalue weighted by atomic mass is 16.4. The van der Waals surface area contributed by atoms with E-state index in [0.717, 1.165) is 24.9 Å². The molecule has 0 radical (unpaired) electrons. The first-order valence-electron chi connectivity index (χ1n) is 8.91. The highest BCUT2D eigenvalue weighted by Crippen LogP contribution is 2.32. The highest BCUT2D eigenvalue weighted by molar-refractivity contribution is 5.80. The van der Waals surface area contributed by atoms with E-state index in [-0.39, 0.29) is 23.8 Å². The molecule has 1 heterocycles. The zero-order chi connectivity index (χ0) is 16.9. The number of hydrogen-bond acceptors (Lipinski definition) is 2. The van der Waals surface area contributed by atoms with Crippen LogP contribution in [0.15, 0.2) is 36.4 Å². The van der Waals surface area contributed by atoms with Crippen LogP contribution in [0.3, 0.4) is 0 Å². The molecule has 1 N–H and O–H groups in total. The van der Waals surface area contributed by atoms with Crippen LogP contribution in [-0.2, 0) is 9.59 Å². The molecule has 1 aliphatic heterocycles. The molecule has 1 aromatic carbocycles. The van der Waals surface area contributed by atoms with Gasteiger partial charge in [0.25, 0.3) is 0 Å². The van der Waals surface area contributed by atoms with Gasteiger partial charge in [-0.2, -0.15) is 0 Å². The molecule has 1 aromatic rings. The molecule has 1 saturated carbocycles. The fourth-order valence-corrected chi connectivity index (χ4v) is 3.87. The van der Waals surface area contributed by atoms with Crippen molar-refractivity contribution in [1.29, 1.82) is 0 Å². The Morgan fingerprint density at radius 3 is 2.33 bits per heavy atom. The molecule has 128 valence electrons. The highest BCUT2D eigenvalue weighted by Gasteiger charge is 2.35. The minimum atomic E-state index is -0.717. The normalized spacial score (nSPS) is 27.5. The third-order valence-electron chi connectivity index (χ3n) is 5.32. The van der Waals surface area contributed by atoms with E-state index in [1.807, 2.05) is 23.1 Å². The van der Waals surface area contributed by atoms with Crippen LogP contribution < -0.4 is 0 Å². The van der Waals surface area contributed by atoms with Crippen LogP contribution in [0.1, 0.15) is 44.1 Å². The van der Waals surface area contributed by atoms with Crippen molar-refractivity contribution in [2.24, 2.45) is 11.8 Å². The monoisotopic (exact) mass is 327 g/mol. The molecule has 1 unspecified atom stereocenters. The number of carbonyl (C=O) groups is 2. The van der Waals surface area contributed by atoms with Crippen molar-refractivity contribution in [3.63, 3.8) is 0 Å². The summed E-state index contributed by atoms with van der Waals surface area (Å²) >= 11 is 0. The van der Waals surface area contributed by atoms with Gasteiger partial charge in [0.15, 0.2) is 0 Å².